The second-order valence-electron chi connectivity index (χ2n) is 3.16. The standard InChI is InChI=1S/C6H12O2.C4H5NO2/c1-3-4-5-8-6(2)7;6-3-1-2-4(7)5-3/h3-5H2,1-2H3;1-2H2,(H,5,6,7). The van der Waals surface area contributed by atoms with Gasteiger partial charge in [0, 0.05) is 19.8 Å². The van der Waals surface area contributed by atoms with Crippen LogP contribution >= 0.6 is 0 Å². The molecule has 1 rings (SSSR count). The molecule has 1 fully saturated rings. The molecule has 0 unspecified atom stereocenters. The molecule has 0 radical (unpaired) electrons. The van der Waals surface area contributed by atoms with Gasteiger partial charge < -0.3 is 4.74 Å². The van der Waals surface area contributed by atoms with Crippen LogP contribution in [0.1, 0.15) is 39.5 Å². The number of hydrogen-bond acceptors (Lipinski definition) is 4. The van der Waals surface area contributed by atoms with Crippen molar-refractivity contribution in [2.24, 2.45) is 0 Å². The maximum absolute atomic E-state index is 10.1. The SMILES string of the molecule is CCCCOC(C)=O.O=C1CCC(=O)N1. The number of carbonyl (C=O) groups is 3. The topological polar surface area (TPSA) is 72.5 Å². The smallest absolute Gasteiger partial charge is 0.302 e. The van der Waals surface area contributed by atoms with Crippen LogP contribution in [0.5, 0.6) is 0 Å². The van der Waals surface area contributed by atoms with Crippen molar-refractivity contribution >= 4 is 17.8 Å². The molecule has 0 atom stereocenters. The highest BCUT2D eigenvalue weighted by Crippen LogP contribution is 1.95. The summed E-state index contributed by atoms with van der Waals surface area (Å²) < 4.78 is 4.64. The Balaban J connectivity index is 0.000000262. The lowest BCUT2D eigenvalue weighted by atomic mass is 10.4. The highest BCUT2D eigenvalue weighted by molar-refractivity contribution is 6.01. The molecule has 0 aromatic heterocycles. The fourth-order valence-electron chi connectivity index (χ4n) is 0.868. The molecule has 1 heterocycles. The Kier molecular flexibility index (Phi) is 7.23. The van der Waals surface area contributed by atoms with Gasteiger partial charge in [-0.15, -0.1) is 0 Å². The number of ether oxygens (including phenoxy) is 1. The molecule has 0 aromatic carbocycles. The molecule has 1 saturated heterocycles. The van der Waals surface area contributed by atoms with E-state index in [4.69, 9.17) is 0 Å². The lowest BCUT2D eigenvalue weighted by molar-refractivity contribution is -0.141. The van der Waals surface area contributed by atoms with Gasteiger partial charge in [-0.05, 0) is 6.42 Å². The summed E-state index contributed by atoms with van der Waals surface area (Å²) in [6.07, 6.45) is 2.80. The van der Waals surface area contributed by atoms with Gasteiger partial charge in [0.05, 0.1) is 6.61 Å². The summed E-state index contributed by atoms with van der Waals surface area (Å²) >= 11 is 0. The predicted octanol–water partition coefficient (Wildman–Crippen LogP) is 0.773. The predicted molar refractivity (Wildman–Crippen MR) is 53.9 cm³/mol. The van der Waals surface area contributed by atoms with Crippen LogP contribution in [0.3, 0.4) is 0 Å². The van der Waals surface area contributed by atoms with E-state index >= 15 is 0 Å². The van der Waals surface area contributed by atoms with E-state index in [9.17, 15) is 14.4 Å². The van der Waals surface area contributed by atoms with Crippen molar-refractivity contribution in [1.29, 1.82) is 0 Å². The second-order valence-corrected chi connectivity index (χ2v) is 3.16. The summed E-state index contributed by atoms with van der Waals surface area (Å²) in [7, 11) is 0. The van der Waals surface area contributed by atoms with Gasteiger partial charge in [-0.2, -0.15) is 0 Å². The van der Waals surface area contributed by atoms with Crippen LogP contribution < -0.4 is 5.32 Å². The Bertz CT molecular complexity index is 224. The van der Waals surface area contributed by atoms with Crippen LogP contribution in [0.2, 0.25) is 0 Å². The van der Waals surface area contributed by atoms with Crippen molar-refractivity contribution in [2.45, 2.75) is 39.5 Å². The Morgan fingerprint density at radius 3 is 2.13 bits per heavy atom. The number of esters is 1. The van der Waals surface area contributed by atoms with E-state index < -0.39 is 0 Å². The molecule has 5 heteroatoms. The fraction of sp³-hybridized carbons (Fsp3) is 0.700. The van der Waals surface area contributed by atoms with E-state index in [1.807, 2.05) is 0 Å². The van der Waals surface area contributed by atoms with Crippen LogP contribution in [0.15, 0.2) is 0 Å². The zero-order valence-corrected chi connectivity index (χ0v) is 9.17. The zero-order valence-electron chi connectivity index (χ0n) is 9.17. The Morgan fingerprint density at radius 2 is 1.87 bits per heavy atom. The molecule has 1 aliphatic rings. The zero-order chi connectivity index (χ0) is 11.7. The third-order valence-corrected chi connectivity index (χ3v) is 1.66. The molecule has 0 spiro atoms. The van der Waals surface area contributed by atoms with E-state index in [1.54, 1.807) is 0 Å². The van der Waals surface area contributed by atoms with Crippen molar-refractivity contribution in [3.8, 4) is 0 Å². The normalized spacial score (nSPS) is 14.0. The van der Waals surface area contributed by atoms with Gasteiger partial charge in [0.1, 0.15) is 0 Å². The Morgan fingerprint density at radius 1 is 1.33 bits per heavy atom. The first-order valence-electron chi connectivity index (χ1n) is 5.02. The molecule has 86 valence electrons. The number of amides is 2. The molecule has 0 aliphatic carbocycles. The second kappa shape index (κ2) is 7.96. The molecule has 2 amide bonds. The number of carbonyl (C=O) groups excluding carboxylic acids is 3. The molecule has 15 heavy (non-hydrogen) atoms. The molecule has 5 nitrogen and oxygen atoms in total. The average Bonchev–Trinajstić information content (AvgIpc) is 2.51. The Labute approximate surface area is 89.2 Å². The summed E-state index contributed by atoms with van der Waals surface area (Å²) in [5.74, 6) is -0.478. The first-order valence-corrected chi connectivity index (χ1v) is 5.02. The van der Waals surface area contributed by atoms with Crippen molar-refractivity contribution < 1.29 is 19.1 Å². The van der Waals surface area contributed by atoms with E-state index in [0.717, 1.165) is 12.8 Å². The highest BCUT2D eigenvalue weighted by atomic mass is 16.5. The number of imide groups is 1. The van der Waals surface area contributed by atoms with E-state index in [0.29, 0.717) is 19.4 Å². The van der Waals surface area contributed by atoms with Gasteiger partial charge in [0.2, 0.25) is 11.8 Å². The summed E-state index contributed by atoms with van der Waals surface area (Å²) in [6.45, 7) is 4.06. The van der Waals surface area contributed by atoms with E-state index in [1.165, 1.54) is 6.92 Å². The van der Waals surface area contributed by atoms with Gasteiger partial charge in [-0.3, -0.25) is 19.7 Å². The fourth-order valence-corrected chi connectivity index (χ4v) is 0.868. The molecule has 0 saturated carbocycles. The maximum Gasteiger partial charge on any atom is 0.302 e. The third-order valence-electron chi connectivity index (χ3n) is 1.66. The summed E-state index contributed by atoms with van der Waals surface area (Å²) in [5, 5.41) is 2.14. The van der Waals surface area contributed by atoms with Crippen LogP contribution in [-0.2, 0) is 19.1 Å². The van der Waals surface area contributed by atoms with Crippen molar-refractivity contribution in [3.05, 3.63) is 0 Å². The lowest BCUT2D eigenvalue weighted by Gasteiger charge is -1.96. The Hall–Kier alpha value is -1.39. The van der Waals surface area contributed by atoms with Crippen LogP contribution in [-0.4, -0.2) is 24.4 Å². The number of rotatable bonds is 3. The monoisotopic (exact) mass is 215 g/mol. The molecule has 0 bridgehead atoms. The molecule has 0 aromatic rings. The van der Waals surface area contributed by atoms with E-state index in [2.05, 4.69) is 17.0 Å². The average molecular weight is 215 g/mol. The summed E-state index contributed by atoms with van der Waals surface area (Å²) in [5.41, 5.74) is 0. The van der Waals surface area contributed by atoms with Gasteiger partial charge in [0.15, 0.2) is 0 Å². The van der Waals surface area contributed by atoms with Gasteiger partial charge in [0.25, 0.3) is 0 Å². The van der Waals surface area contributed by atoms with E-state index in [-0.39, 0.29) is 17.8 Å². The van der Waals surface area contributed by atoms with Crippen molar-refractivity contribution in [2.75, 3.05) is 6.61 Å². The van der Waals surface area contributed by atoms with Gasteiger partial charge in [-0.1, -0.05) is 13.3 Å². The number of hydrogen-bond donors (Lipinski definition) is 1. The number of unbranched alkanes of at least 4 members (excludes halogenated alkanes) is 1. The van der Waals surface area contributed by atoms with Gasteiger partial charge in [-0.25, -0.2) is 0 Å². The number of nitrogens with one attached hydrogen (secondary N) is 1. The molecule has 1 N–H and O–H groups in total. The minimum atomic E-state index is -0.182. The first kappa shape index (κ1) is 13.6. The van der Waals surface area contributed by atoms with Crippen molar-refractivity contribution in [3.63, 3.8) is 0 Å². The quantitative estimate of drug-likeness (QED) is 0.429. The van der Waals surface area contributed by atoms with Crippen LogP contribution in [0, 0.1) is 0 Å². The minimum absolute atomic E-state index is 0.148. The van der Waals surface area contributed by atoms with Crippen LogP contribution in [0.25, 0.3) is 0 Å². The molecular formula is C10H17NO4. The lowest BCUT2D eigenvalue weighted by Crippen LogP contribution is -2.18. The molecular weight excluding hydrogens is 198 g/mol. The van der Waals surface area contributed by atoms with Crippen LogP contribution in [0.4, 0.5) is 0 Å². The highest BCUT2D eigenvalue weighted by Gasteiger charge is 2.15. The largest absolute Gasteiger partial charge is 0.466 e. The minimum Gasteiger partial charge on any atom is -0.466 e. The third kappa shape index (κ3) is 8.93. The summed E-state index contributed by atoms with van der Waals surface area (Å²) in [6, 6.07) is 0. The van der Waals surface area contributed by atoms with Crippen molar-refractivity contribution in [1.82, 2.24) is 5.32 Å². The summed E-state index contributed by atoms with van der Waals surface area (Å²) in [4.78, 5) is 30.3. The maximum atomic E-state index is 10.1. The van der Waals surface area contributed by atoms with Gasteiger partial charge >= 0.3 is 5.97 Å². The molecule has 1 aliphatic heterocycles. The first-order chi connectivity index (χ1) is 7.06.